The monoisotopic (exact) mass is 177 g/mol. The molecule has 3 nitrogen and oxygen atoms in total. The number of hydrogen-bond donors (Lipinski definition) is 1. The number of hydrogen-bond acceptors (Lipinski definition) is 3. The van der Waals surface area contributed by atoms with E-state index >= 15 is 0 Å². The smallest absolute Gasteiger partial charge is 0.132 e. The number of nitriles is 1. The minimum absolute atomic E-state index is 0.299. The zero-order valence-corrected chi connectivity index (χ0v) is 7.08. The fraction of sp³-hybridized carbons (Fsp3) is 0.111. The zero-order valence-electron chi connectivity index (χ0n) is 7.08. The maximum Gasteiger partial charge on any atom is 0.132 e. The van der Waals surface area contributed by atoms with Crippen LogP contribution >= 0.6 is 0 Å². The maximum absolute atomic E-state index is 13.0. The van der Waals surface area contributed by atoms with Crippen LogP contribution in [0.3, 0.4) is 0 Å². The van der Waals surface area contributed by atoms with Gasteiger partial charge in [0.1, 0.15) is 5.82 Å². The summed E-state index contributed by atoms with van der Waals surface area (Å²) in [5, 5.41) is 12.2. The molecule has 0 bridgehead atoms. The predicted molar refractivity (Wildman–Crippen MR) is 47.8 cm³/mol. The Labute approximate surface area is 75.5 Å². The highest BCUT2D eigenvalue weighted by atomic mass is 19.1. The van der Waals surface area contributed by atoms with E-state index in [9.17, 15) is 4.39 Å². The van der Waals surface area contributed by atoms with Crippen LogP contribution in [-0.4, -0.2) is 13.3 Å². The van der Waals surface area contributed by atoms with E-state index in [0.717, 1.165) is 0 Å². The predicted octanol–water partition coefficient (Wildman–Crippen LogP) is 1.25. The quantitative estimate of drug-likeness (QED) is 0.546. The summed E-state index contributed by atoms with van der Waals surface area (Å²) in [6, 6.07) is 6.03. The van der Waals surface area contributed by atoms with E-state index in [0.29, 0.717) is 11.1 Å². The van der Waals surface area contributed by atoms with Gasteiger partial charge in [-0.3, -0.25) is 0 Å². The Hall–Kier alpha value is -1.89. The molecule has 0 fully saturated rings. The van der Waals surface area contributed by atoms with Gasteiger partial charge in [0, 0.05) is 12.6 Å². The highest BCUT2D eigenvalue weighted by molar-refractivity contribution is 5.80. The fourth-order valence-corrected chi connectivity index (χ4v) is 0.846. The molecule has 1 rings (SSSR count). The van der Waals surface area contributed by atoms with Gasteiger partial charge in [0.25, 0.3) is 0 Å². The first kappa shape index (κ1) is 9.20. The molecule has 1 N–H and O–H groups in total. The van der Waals surface area contributed by atoms with E-state index in [-0.39, 0.29) is 0 Å². The van der Waals surface area contributed by atoms with Crippen molar-refractivity contribution in [2.45, 2.75) is 0 Å². The minimum Gasteiger partial charge on any atom is -0.313 e. The summed E-state index contributed by atoms with van der Waals surface area (Å²) in [5.41, 5.74) is 3.22. The first-order chi connectivity index (χ1) is 6.27. The Morgan fingerprint density at radius 1 is 1.62 bits per heavy atom. The first-order valence-corrected chi connectivity index (χ1v) is 3.67. The van der Waals surface area contributed by atoms with Gasteiger partial charge in [-0.15, -0.1) is 0 Å². The molecular formula is C9H8FN3. The van der Waals surface area contributed by atoms with Gasteiger partial charge in [-0.25, -0.2) is 4.39 Å². The van der Waals surface area contributed by atoms with Crippen molar-refractivity contribution in [3.8, 4) is 6.07 Å². The summed E-state index contributed by atoms with van der Waals surface area (Å²) in [5.74, 6) is -0.391. The van der Waals surface area contributed by atoms with Gasteiger partial charge in [0.15, 0.2) is 0 Å². The van der Waals surface area contributed by atoms with Gasteiger partial charge in [-0.2, -0.15) is 10.4 Å². The topological polar surface area (TPSA) is 48.2 Å². The molecule has 0 aliphatic rings. The molecule has 0 heterocycles. The fourth-order valence-electron chi connectivity index (χ4n) is 0.846. The summed E-state index contributed by atoms with van der Waals surface area (Å²) < 4.78 is 13.0. The zero-order chi connectivity index (χ0) is 9.68. The molecule has 13 heavy (non-hydrogen) atoms. The Kier molecular flexibility index (Phi) is 2.98. The number of nitrogens with zero attached hydrogens (tertiary/aromatic N) is 2. The van der Waals surface area contributed by atoms with Crippen LogP contribution in [0.4, 0.5) is 4.39 Å². The third-order valence-corrected chi connectivity index (χ3v) is 1.46. The lowest BCUT2D eigenvalue weighted by molar-refractivity contribution is 0.625. The lowest BCUT2D eigenvalue weighted by Gasteiger charge is -1.95. The van der Waals surface area contributed by atoms with E-state index in [1.54, 1.807) is 7.05 Å². The van der Waals surface area contributed by atoms with Crippen LogP contribution in [0.15, 0.2) is 23.3 Å². The van der Waals surface area contributed by atoms with Gasteiger partial charge in [-0.1, -0.05) is 0 Å². The maximum atomic E-state index is 13.0. The molecule has 4 heteroatoms. The van der Waals surface area contributed by atoms with Crippen LogP contribution < -0.4 is 5.43 Å². The Morgan fingerprint density at radius 2 is 2.38 bits per heavy atom. The Balaban J connectivity index is 3.06. The van der Waals surface area contributed by atoms with E-state index < -0.39 is 5.82 Å². The van der Waals surface area contributed by atoms with Crippen molar-refractivity contribution >= 4 is 6.21 Å². The van der Waals surface area contributed by atoms with E-state index in [1.165, 1.54) is 24.4 Å². The van der Waals surface area contributed by atoms with Gasteiger partial charge in [0.05, 0.1) is 17.8 Å². The summed E-state index contributed by atoms with van der Waals surface area (Å²) in [6.45, 7) is 0. The lowest BCUT2D eigenvalue weighted by atomic mass is 10.1. The highest BCUT2D eigenvalue weighted by Gasteiger charge is 1.99. The normalized spacial score (nSPS) is 9.92. The molecule has 0 amide bonds. The van der Waals surface area contributed by atoms with Gasteiger partial charge >= 0.3 is 0 Å². The van der Waals surface area contributed by atoms with Crippen molar-refractivity contribution in [1.82, 2.24) is 5.43 Å². The molecule has 0 aliphatic carbocycles. The van der Waals surface area contributed by atoms with Crippen LogP contribution in [0.25, 0.3) is 0 Å². The van der Waals surface area contributed by atoms with Gasteiger partial charge < -0.3 is 5.43 Å². The molecule has 0 aromatic heterocycles. The molecule has 0 radical (unpaired) electrons. The van der Waals surface area contributed by atoms with Gasteiger partial charge in [-0.05, 0) is 18.2 Å². The summed E-state index contributed by atoms with van der Waals surface area (Å²) in [4.78, 5) is 0. The molecular weight excluding hydrogens is 169 g/mol. The van der Waals surface area contributed by atoms with Gasteiger partial charge in [0.2, 0.25) is 0 Å². The van der Waals surface area contributed by atoms with Crippen molar-refractivity contribution in [2.24, 2.45) is 5.10 Å². The molecule has 0 atom stereocenters. The molecule has 0 spiro atoms. The molecule has 66 valence electrons. The summed E-state index contributed by atoms with van der Waals surface area (Å²) >= 11 is 0. The average molecular weight is 177 g/mol. The number of benzene rings is 1. The number of nitrogens with one attached hydrogen (secondary N) is 1. The minimum atomic E-state index is -0.391. The average Bonchev–Trinajstić information content (AvgIpc) is 2.17. The SMILES string of the molecule is CN/N=C/c1cc(C#N)ccc1F. The summed E-state index contributed by atoms with van der Waals surface area (Å²) in [6.07, 6.45) is 1.33. The number of rotatable bonds is 2. The van der Waals surface area contributed by atoms with Crippen LogP contribution in [0.2, 0.25) is 0 Å². The Morgan fingerprint density at radius 3 is 3.00 bits per heavy atom. The lowest BCUT2D eigenvalue weighted by Crippen LogP contribution is -1.97. The highest BCUT2D eigenvalue weighted by Crippen LogP contribution is 2.07. The molecule has 0 saturated carbocycles. The third-order valence-electron chi connectivity index (χ3n) is 1.46. The molecule has 0 aliphatic heterocycles. The standard InChI is InChI=1S/C9H8FN3/c1-12-13-6-8-4-7(5-11)2-3-9(8)10/h2-4,6,12H,1H3/b13-6+. The van der Waals surface area contributed by atoms with Crippen molar-refractivity contribution in [1.29, 1.82) is 5.26 Å². The molecule has 0 unspecified atom stereocenters. The number of halogens is 1. The van der Waals surface area contributed by atoms with Crippen LogP contribution in [0, 0.1) is 17.1 Å². The van der Waals surface area contributed by atoms with Crippen molar-refractivity contribution in [3.05, 3.63) is 35.1 Å². The van der Waals surface area contributed by atoms with E-state index in [2.05, 4.69) is 10.5 Å². The van der Waals surface area contributed by atoms with Crippen LogP contribution in [-0.2, 0) is 0 Å². The largest absolute Gasteiger partial charge is 0.313 e. The third kappa shape index (κ3) is 2.27. The summed E-state index contributed by atoms with van der Waals surface area (Å²) in [7, 11) is 1.61. The second-order valence-corrected chi connectivity index (χ2v) is 2.33. The van der Waals surface area contributed by atoms with Crippen LogP contribution in [0.5, 0.6) is 0 Å². The molecule has 0 saturated heterocycles. The van der Waals surface area contributed by atoms with E-state index in [1.807, 2.05) is 6.07 Å². The second-order valence-electron chi connectivity index (χ2n) is 2.33. The van der Waals surface area contributed by atoms with Crippen molar-refractivity contribution in [2.75, 3.05) is 7.05 Å². The Bertz CT molecular complexity index is 366. The van der Waals surface area contributed by atoms with Crippen LogP contribution in [0.1, 0.15) is 11.1 Å². The molecule has 1 aromatic rings. The van der Waals surface area contributed by atoms with Crippen molar-refractivity contribution < 1.29 is 4.39 Å². The van der Waals surface area contributed by atoms with Crippen molar-refractivity contribution in [3.63, 3.8) is 0 Å². The molecule has 1 aromatic carbocycles. The number of hydrazone groups is 1. The van der Waals surface area contributed by atoms with E-state index in [4.69, 9.17) is 5.26 Å². The second kappa shape index (κ2) is 4.21. The first-order valence-electron chi connectivity index (χ1n) is 3.67.